The van der Waals surface area contributed by atoms with Crippen molar-refractivity contribution in [1.29, 1.82) is 0 Å². The number of hydrogen-bond acceptors (Lipinski definition) is 4. The second kappa shape index (κ2) is 8.11. The van der Waals surface area contributed by atoms with E-state index in [0.717, 1.165) is 5.56 Å². The Morgan fingerprint density at radius 2 is 1.67 bits per heavy atom. The molecular formula is C22H27NO4. The van der Waals surface area contributed by atoms with Gasteiger partial charge < -0.3 is 20.3 Å². The molecular weight excluding hydrogens is 342 g/mol. The number of aliphatic hydroxyl groups is 2. The summed E-state index contributed by atoms with van der Waals surface area (Å²) >= 11 is 0. The molecule has 0 aromatic heterocycles. The molecule has 3 rings (SSSR count). The molecule has 144 valence electrons. The van der Waals surface area contributed by atoms with E-state index < -0.39 is 5.60 Å². The van der Waals surface area contributed by atoms with Crippen molar-refractivity contribution in [2.45, 2.75) is 36.7 Å². The van der Waals surface area contributed by atoms with Crippen molar-refractivity contribution in [1.82, 2.24) is 5.32 Å². The van der Waals surface area contributed by atoms with E-state index in [0.29, 0.717) is 43.5 Å². The van der Waals surface area contributed by atoms with Crippen molar-refractivity contribution in [3.8, 4) is 5.75 Å². The van der Waals surface area contributed by atoms with Crippen molar-refractivity contribution in [2.24, 2.45) is 0 Å². The number of benzene rings is 2. The summed E-state index contributed by atoms with van der Waals surface area (Å²) in [6, 6.07) is 17.2. The normalized spacial score (nSPS) is 25.0. The molecule has 1 amide bonds. The lowest BCUT2D eigenvalue weighted by Gasteiger charge is -2.44. The Bertz CT molecular complexity index is 767. The summed E-state index contributed by atoms with van der Waals surface area (Å²) in [5.74, 6) is 0.368. The third kappa shape index (κ3) is 4.15. The minimum atomic E-state index is -1.02. The van der Waals surface area contributed by atoms with Crippen molar-refractivity contribution >= 4 is 5.91 Å². The second-order valence-corrected chi connectivity index (χ2v) is 7.41. The molecule has 1 aliphatic rings. The van der Waals surface area contributed by atoms with Crippen molar-refractivity contribution in [3.05, 3.63) is 65.7 Å². The molecule has 0 heterocycles. The van der Waals surface area contributed by atoms with Gasteiger partial charge in [0.2, 0.25) is 0 Å². The number of ether oxygens (including phenoxy) is 1. The second-order valence-electron chi connectivity index (χ2n) is 7.41. The van der Waals surface area contributed by atoms with Crippen LogP contribution in [0.1, 0.15) is 41.6 Å². The lowest BCUT2D eigenvalue weighted by Crippen LogP contribution is -2.48. The Hall–Kier alpha value is -2.37. The molecule has 0 radical (unpaired) electrons. The smallest absolute Gasteiger partial charge is 0.255 e. The fourth-order valence-electron chi connectivity index (χ4n) is 3.89. The molecule has 5 heteroatoms. The number of hydrogen-bond donors (Lipinski definition) is 3. The molecule has 3 N–H and O–H groups in total. The van der Waals surface area contributed by atoms with Gasteiger partial charge >= 0.3 is 0 Å². The average Bonchev–Trinajstić information content (AvgIpc) is 2.74. The minimum absolute atomic E-state index is 0.175. The van der Waals surface area contributed by atoms with Crippen LogP contribution in [0.25, 0.3) is 0 Å². The Kier molecular flexibility index (Phi) is 5.82. The minimum Gasteiger partial charge on any atom is -0.496 e. The maximum Gasteiger partial charge on any atom is 0.255 e. The zero-order valence-electron chi connectivity index (χ0n) is 15.6. The van der Waals surface area contributed by atoms with Crippen LogP contribution in [0.3, 0.4) is 0 Å². The fraction of sp³-hybridized carbons (Fsp3) is 0.409. The van der Waals surface area contributed by atoms with Gasteiger partial charge in [-0.2, -0.15) is 0 Å². The predicted molar refractivity (Wildman–Crippen MR) is 104 cm³/mol. The summed E-state index contributed by atoms with van der Waals surface area (Å²) in [7, 11) is 1.55. The summed E-state index contributed by atoms with van der Waals surface area (Å²) < 4.78 is 5.29. The van der Waals surface area contributed by atoms with E-state index in [2.05, 4.69) is 17.4 Å². The van der Waals surface area contributed by atoms with Crippen LogP contribution in [0.5, 0.6) is 5.75 Å². The van der Waals surface area contributed by atoms with Gasteiger partial charge in [-0.3, -0.25) is 4.79 Å². The first kappa shape index (κ1) is 19.4. The van der Waals surface area contributed by atoms with Gasteiger partial charge in [0.1, 0.15) is 5.75 Å². The van der Waals surface area contributed by atoms with E-state index in [4.69, 9.17) is 4.74 Å². The summed E-state index contributed by atoms with van der Waals surface area (Å²) in [5, 5.41) is 23.0. The number of rotatable bonds is 6. The maximum atomic E-state index is 12.7. The number of carbonyl (C=O) groups excluding carboxylic acids is 1. The molecule has 1 saturated carbocycles. The zero-order valence-corrected chi connectivity index (χ0v) is 15.6. The van der Waals surface area contributed by atoms with Crippen LogP contribution in [-0.4, -0.2) is 42.0 Å². The summed E-state index contributed by atoms with van der Waals surface area (Å²) in [5.41, 5.74) is 0.363. The van der Waals surface area contributed by atoms with E-state index in [-0.39, 0.29) is 17.9 Å². The highest BCUT2D eigenvalue weighted by molar-refractivity contribution is 5.96. The van der Waals surface area contributed by atoms with Gasteiger partial charge in [-0.25, -0.2) is 0 Å². The summed E-state index contributed by atoms with van der Waals surface area (Å²) in [6.45, 7) is 0.237. The SMILES string of the molecule is COc1ccccc1C(=O)NCC1(c2ccccc2)CCC(O)(CO)CC1. The number of para-hydroxylation sites is 1. The number of nitrogens with one attached hydrogen (secondary N) is 1. The largest absolute Gasteiger partial charge is 0.496 e. The molecule has 2 aromatic rings. The quantitative estimate of drug-likeness (QED) is 0.731. The predicted octanol–water partition coefficient (Wildman–Crippen LogP) is 2.66. The van der Waals surface area contributed by atoms with Gasteiger partial charge in [0.25, 0.3) is 5.91 Å². The van der Waals surface area contributed by atoms with Crippen LogP contribution in [0.2, 0.25) is 0 Å². The highest BCUT2D eigenvalue weighted by atomic mass is 16.5. The first-order chi connectivity index (χ1) is 13.0. The Morgan fingerprint density at radius 3 is 2.30 bits per heavy atom. The Labute approximate surface area is 160 Å². The number of methoxy groups -OCH3 is 1. The summed E-state index contributed by atoms with van der Waals surface area (Å²) in [4.78, 5) is 12.7. The molecule has 5 nitrogen and oxygen atoms in total. The molecule has 0 aliphatic heterocycles. The van der Waals surface area contributed by atoms with Crippen molar-refractivity contribution in [2.75, 3.05) is 20.3 Å². The van der Waals surface area contributed by atoms with Gasteiger partial charge in [0.15, 0.2) is 0 Å². The first-order valence-electron chi connectivity index (χ1n) is 9.32. The molecule has 1 aliphatic carbocycles. The van der Waals surface area contributed by atoms with E-state index in [1.54, 1.807) is 19.2 Å². The third-order valence-electron chi connectivity index (χ3n) is 5.76. The topological polar surface area (TPSA) is 78.8 Å². The zero-order chi connectivity index (χ0) is 19.3. The van der Waals surface area contributed by atoms with Gasteiger partial charge in [-0.05, 0) is 43.4 Å². The van der Waals surface area contributed by atoms with Crippen LogP contribution in [-0.2, 0) is 5.41 Å². The first-order valence-corrected chi connectivity index (χ1v) is 9.32. The number of carbonyl (C=O) groups is 1. The third-order valence-corrected chi connectivity index (χ3v) is 5.76. The van der Waals surface area contributed by atoms with Gasteiger partial charge in [0.05, 0.1) is 24.9 Å². The van der Waals surface area contributed by atoms with E-state index in [1.165, 1.54) is 0 Å². The van der Waals surface area contributed by atoms with E-state index in [1.807, 2.05) is 30.3 Å². The Balaban J connectivity index is 1.80. The van der Waals surface area contributed by atoms with Crippen molar-refractivity contribution in [3.63, 3.8) is 0 Å². The molecule has 0 atom stereocenters. The molecule has 0 bridgehead atoms. The van der Waals surface area contributed by atoms with Crippen LogP contribution in [0.4, 0.5) is 0 Å². The van der Waals surface area contributed by atoms with Gasteiger partial charge in [-0.15, -0.1) is 0 Å². The molecule has 0 saturated heterocycles. The van der Waals surface area contributed by atoms with Crippen LogP contribution < -0.4 is 10.1 Å². The fourth-order valence-corrected chi connectivity index (χ4v) is 3.89. The maximum absolute atomic E-state index is 12.7. The van der Waals surface area contributed by atoms with Crippen LogP contribution in [0, 0.1) is 0 Å². The molecule has 1 fully saturated rings. The monoisotopic (exact) mass is 369 g/mol. The van der Waals surface area contributed by atoms with E-state index in [9.17, 15) is 15.0 Å². The highest BCUT2D eigenvalue weighted by Gasteiger charge is 2.42. The van der Waals surface area contributed by atoms with E-state index >= 15 is 0 Å². The van der Waals surface area contributed by atoms with Gasteiger partial charge in [-0.1, -0.05) is 42.5 Å². The Morgan fingerprint density at radius 1 is 1.04 bits per heavy atom. The molecule has 27 heavy (non-hydrogen) atoms. The lowest BCUT2D eigenvalue weighted by atomic mass is 9.65. The lowest BCUT2D eigenvalue weighted by molar-refractivity contribution is -0.0565. The average molecular weight is 369 g/mol. The highest BCUT2D eigenvalue weighted by Crippen LogP contribution is 2.42. The molecule has 0 unspecified atom stereocenters. The standard InChI is InChI=1S/C22H27NO4/c1-27-19-10-6-5-9-18(19)20(25)23-15-21(17-7-3-2-4-8-17)11-13-22(26,16-24)14-12-21/h2-10,24,26H,11-16H2,1H3,(H,23,25). The van der Waals surface area contributed by atoms with Crippen molar-refractivity contribution < 1.29 is 19.7 Å². The number of amides is 1. The molecule has 0 spiro atoms. The number of aliphatic hydroxyl groups excluding tert-OH is 1. The van der Waals surface area contributed by atoms with Crippen LogP contribution in [0.15, 0.2) is 54.6 Å². The molecule has 2 aromatic carbocycles. The van der Waals surface area contributed by atoms with Crippen LogP contribution >= 0.6 is 0 Å². The summed E-state index contributed by atoms with van der Waals surface area (Å²) in [6.07, 6.45) is 2.40. The van der Waals surface area contributed by atoms with Gasteiger partial charge in [0, 0.05) is 12.0 Å².